The van der Waals surface area contributed by atoms with E-state index in [4.69, 9.17) is 9.47 Å². The van der Waals surface area contributed by atoms with Crippen molar-refractivity contribution in [1.82, 2.24) is 20.4 Å². The van der Waals surface area contributed by atoms with Crippen LogP contribution in [0.3, 0.4) is 0 Å². The van der Waals surface area contributed by atoms with Gasteiger partial charge in [-0.15, -0.1) is 0 Å². The quantitative estimate of drug-likeness (QED) is 0.345. The van der Waals surface area contributed by atoms with E-state index in [1.807, 2.05) is 6.92 Å². The van der Waals surface area contributed by atoms with Gasteiger partial charge in [0.1, 0.15) is 12.4 Å². The third kappa shape index (κ3) is 7.53. The number of carbonyl (C=O) groups excluding carboxylic acids is 3. The van der Waals surface area contributed by atoms with Crippen LogP contribution in [0.1, 0.15) is 71.0 Å². The monoisotopic (exact) mass is 592 g/mol. The van der Waals surface area contributed by atoms with Crippen molar-refractivity contribution >= 4 is 17.8 Å². The molecule has 228 valence electrons. The van der Waals surface area contributed by atoms with E-state index >= 15 is 0 Å². The lowest BCUT2D eigenvalue weighted by molar-refractivity contribution is -0.158. The number of H-pyrrole nitrogens is 1. The molecule has 1 aliphatic rings. The van der Waals surface area contributed by atoms with Crippen molar-refractivity contribution in [2.24, 2.45) is 0 Å². The summed E-state index contributed by atoms with van der Waals surface area (Å²) in [6, 6.07) is 12.1. The highest BCUT2D eigenvalue weighted by atomic mass is 19.1. The maximum atomic E-state index is 14.1. The van der Waals surface area contributed by atoms with Crippen molar-refractivity contribution in [3.8, 4) is 0 Å². The van der Waals surface area contributed by atoms with E-state index in [1.165, 1.54) is 19.2 Å². The molecule has 10 nitrogen and oxygen atoms in total. The zero-order valence-corrected chi connectivity index (χ0v) is 25.0. The van der Waals surface area contributed by atoms with Gasteiger partial charge >= 0.3 is 5.97 Å². The van der Waals surface area contributed by atoms with E-state index in [-0.39, 0.29) is 24.6 Å². The molecular weight excluding hydrogens is 555 g/mol. The molecular formula is C32H37FN4O6. The van der Waals surface area contributed by atoms with Gasteiger partial charge in [0, 0.05) is 17.5 Å². The van der Waals surface area contributed by atoms with Crippen molar-refractivity contribution in [2.45, 2.75) is 64.6 Å². The van der Waals surface area contributed by atoms with Gasteiger partial charge in [-0.3, -0.25) is 14.4 Å². The molecule has 2 aromatic carbocycles. The van der Waals surface area contributed by atoms with Crippen LogP contribution in [0, 0.1) is 19.7 Å². The summed E-state index contributed by atoms with van der Waals surface area (Å²) in [7, 11) is 1.27. The van der Waals surface area contributed by atoms with Crippen molar-refractivity contribution in [3.63, 3.8) is 0 Å². The largest absolute Gasteiger partial charge is 0.467 e. The highest BCUT2D eigenvalue weighted by Gasteiger charge is 2.46. The highest BCUT2D eigenvalue weighted by Crippen LogP contribution is 2.41. The lowest BCUT2D eigenvalue weighted by atomic mass is 9.96. The molecule has 2 N–H and O–H groups in total. The molecule has 43 heavy (non-hydrogen) atoms. The predicted octanol–water partition coefficient (Wildman–Crippen LogP) is 3.55. The molecule has 0 unspecified atom stereocenters. The second kappa shape index (κ2) is 13.3. The minimum absolute atomic E-state index is 0.263. The normalized spacial score (nSPS) is 16.7. The molecule has 2 amide bonds. The minimum atomic E-state index is -0.933. The van der Waals surface area contributed by atoms with Crippen molar-refractivity contribution in [1.29, 1.82) is 0 Å². The van der Waals surface area contributed by atoms with Gasteiger partial charge in [0.15, 0.2) is 0 Å². The number of ether oxygens (including phenoxy) is 2. The van der Waals surface area contributed by atoms with Gasteiger partial charge in [-0.1, -0.05) is 18.2 Å². The van der Waals surface area contributed by atoms with Crippen LogP contribution < -0.4 is 10.9 Å². The molecule has 11 heteroatoms. The number of nitrogens with zero attached hydrogens (tertiary/aromatic N) is 2. The molecule has 1 aromatic heterocycles. The first-order valence-electron chi connectivity index (χ1n) is 14.1. The molecule has 1 saturated heterocycles. The fourth-order valence-electron chi connectivity index (χ4n) is 5.56. The molecule has 0 spiro atoms. The molecule has 0 bridgehead atoms. The number of rotatable bonds is 10. The number of methoxy groups -OCH3 is 1. The number of esters is 1. The van der Waals surface area contributed by atoms with E-state index in [0.29, 0.717) is 41.6 Å². The van der Waals surface area contributed by atoms with Crippen LogP contribution in [0.15, 0.2) is 53.3 Å². The number of likely N-dealkylation sites (tertiary alicyclic amines) is 1. The Labute approximate surface area is 249 Å². The Morgan fingerprint density at radius 2 is 1.86 bits per heavy atom. The Kier molecular flexibility index (Phi) is 9.75. The Balaban J connectivity index is 1.49. The summed E-state index contributed by atoms with van der Waals surface area (Å²) in [5.74, 6) is -1.74. The lowest BCUT2D eigenvalue weighted by Crippen LogP contribution is -2.53. The van der Waals surface area contributed by atoms with Crippen molar-refractivity contribution in [2.75, 3.05) is 20.3 Å². The van der Waals surface area contributed by atoms with E-state index in [9.17, 15) is 23.6 Å². The van der Waals surface area contributed by atoms with Gasteiger partial charge in [0.2, 0.25) is 5.91 Å². The SMILES string of the molecule is COC(=O)COC(C)(C)[C@H]1CC[C@@H](c2cccc(F)c2)N1C(=O)CNC(=O)c1ccc(Cc2cc(C)n[nH]c2=O)c(C)c1. The lowest BCUT2D eigenvalue weighted by Gasteiger charge is -2.40. The van der Waals surface area contributed by atoms with Gasteiger partial charge in [-0.05, 0) is 87.6 Å². The summed E-state index contributed by atoms with van der Waals surface area (Å²) in [6.07, 6.45) is 1.49. The number of hydrogen-bond acceptors (Lipinski definition) is 7. The van der Waals surface area contributed by atoms with Gasteiger partial charge in [-0.2, -0.15) is 5.10 Å². The number of benzene rings is 2. The zero-order chi connectivity index (χ0) is 31.3. The third-order valence-electron chi connectivity index (χ3n) is 7.89. The topological polar surface area (TPSA) is 131 Å². The van der Waals surface area contributed by atoms with Crippen LogP contribution in [-0.4, -0.2) is 64.8 Å². The summed E-state index contributed by atoms with van der Waals surface area (Å²) in [6.45, 7) is 6.66. The summed E-state index contributed by atoms with van der Waals surface area (Å²) in [4.78, 5) is 52.4. The molecule has 0 saturated carbocycles. The fraction of sp³-hybridized carbons (Fsp3) is 0.406. The Morgan fingerprint density at radius 3 is 2.56 bits per heavy atom. The molecule has 1 fully saturated rings. The number of nitrogens with one attached hydrogen (secondary N) is 2. The molecule has 0 radical (unpaired) electrons. The third-order valence-corrected chi connectivity index (χ3v) is 7.89. The van der Waals surface area contributed by atoms with Crippen LogP contribution in [-0.2, 0) is 25.5 Å². The van der Waals surface area contributed by atoms with Crippen LogP contribution in [0.25, 0.3) is 0 Å². The van der Waals surface area contributed by atoms with Gasteiger partial charge < -0.3 is 19.7 Å². The van der Waals surface area contributed by atoms with Crippen molar-refractivity contribution < 1.29 is 28.2 Å². The van der Waals surface area contributed by atoms with E-state index < -0.39 is 35.4 Å². The Bertz CT molecular complexity index is 1570. The van der Waals surface area contributed by atoms with E-state index in [2.05, 4.69) is 15.5 Å². The summed E-state index contributed by atoms with van der Waals surface area (Å²) < 4.78 is 24.7. The second-order valence-electron chi connectivity index (χ2n) is 11.3. The van der Waals surface area contributed by atoms with Crippen LogP contribution >= 0.6 is 0 Å². The Hall–Kier alpha value is -4.38. The van der Waals surface area contributed by atoms with Crippen LogP contribution in [0.4, 0.5) is 4.39 Å². The number of halogens is 1. The number of aryl methyl sites for hydroxylation is 2. The number of amides is 2. The summed E-state index contributed by atoms with van der Waals surface area (Å²) >= 11 is 0. The maximum Gasteiger partial charge on any atom is 0.331 e. The van der Waals surface area contributed by atoms with Gasteiger partial charge in [0.25, 0.3) is 11.5 Å². The Morgan fingerprint density at radius 1 is 1.09 bits per heavy atom. The molecule has 2 atom stereocenters. The highest BCUT2D eigenvalue weighted by molar-refractivity contribution is 5.96. The standard InChI is InChI=1S/C32H37FN4O6/c1-19-13-23(10-9-21(19)15-24-14-20(2)35-36-31(24)41)30(40)34-17-28(38)37-26(22-7-6-8-25(33)16-22)11-12-27(37)32(3,4)43-18-29(39)42-5/h6-10,13-14,16,26-27H,11-12,15,17-18H2,1-5H3,(H,34,40)(H,36,41)/t26-,27+/m0/s1. The average molecular weight is 593 g/mol. The van der Waals surface area contributed by atoms with Crippen molar-refractivity contribution in [3.05, 3.63) is 98.2 Å². The van der Waals surface area contributed by atoms with Crippen LogP contribution in [0.5, 0.6) is 0 Å². The number of hydrogen-bond donors (Lipinski definition) is 2. The molecule has 3 aromatic rings. The number of carbonyl (C=O) groups is 3. The minimum Gasteiger partial charge on any atom is -0.467 e. The first-order chi connectivity index (χ1) is 20.4. The molecule has 4 rings (SSSR count). The van der Waals surface area contributed by atoms with Gasteiger partial charge in [0.05, 0.1) is 37.0 Å². The summed E-state index contributed by atoms with van der Waals surface area (Å²) in [5.41, 5.74) is 2.80. The van der Waals surface area contributed by atoms with Crippen LogP contribution in [0.2, 0.25) is 0 Å². The zero-order valence-electron chi connectivity index (χ0n) is 25.0. The van der Waals surface area contributed by atoms with E-state index in [1.54, 1.807) is 62.1 Å². The van der Waals surface area contributed by atoms with E-state index in [0.717, 1.165) is 11.1 Å². The first kappa shape index (κ1) is 31.6. The van der Waals surface area contributed by atoms with Gasteiger partial charge in [-0.25, -0.2) is 14.3 Å². The molecule has 1 aliphatic heterocycles. The number of aromatic nitrogens is 2. The maximum absolute atomic E-state index is 14.1. The second-order valence-corrected chi connectivity index (χ2v) is 11.3. The number of aromatic amines is 1. The smallest absolute Gasteiger partial charge is 0.331 e. The molecule has 2 heterocycles. The first-order valence-corrected chi connectivity index (χ1v) is 14.1. The average Bonchev–Trinajstić information content (AvgIpc) is 3.44. The fourth-order valence-corrected chi connectivity index (χ4v) is 5.56. The predicted molar refractivity (Wildman–Crippen MR) is 157 cm³/mol. The summed E-state index contributed by atoms with van der Waals surface area (Å²) in [5, 5.41) is 9.10. The molecule has 0 aliphatic carbocycles.